The van der Waals surface area contributed by atoms with Gasteiger partial charge in [-0.05, 0) is 73.3 Å². The molecule has 0 radical (unpaired) electrons. The van der Waals surface area contributed by atoms with Crippen LogP contribution < -0.4 is 10.6 Å². The zero-order valence-electron chi connectivity index (χ0n) is 25.4. The lowest BCUT2D eigenvalue weighted by atomic mass is 9.99. The Bertz CT molecular complexity index is 2270. The lowest BCUT2D eigenvalue weighted by Crippen LogP contribution is -2.27. The summed E-state index contributed by atoms with van der Waals surface area (Å²) in [5.74, 6) is 0.976. The van der Waals surface area contributed by atoms with E-state index in [0.29, 0.717) is 0 Å². The summed E-state index contributed by atoms with van der Waals surface area (Å²) in [6, 6.07) is 18.5. The third-order valence-corrected chi connectivity index (χ3v) is 8.53. The molecule has 1 unspecified atom stereocenters. The van der Waals surface area contributed by atoms with E-state index in [2.05, 4.69) is 105 Å². The highest BCUT2D eigenvalue weighted by Crippen LogP contribution is 2.35. The van der Waals surface area contributed by atoms with Crippen LogP contribution >= 0.6 is 0 Å². The van der Waals surface area contributed by atoms with Crippen molar-refractivity contribution in [3.8, 4) is 22.4 Å². The first-order valence-corrected chi connectivity index (χ1v) is 15.4. The van der Waals surface area contributed by atoms with Crippen LogP contribution in [0.4, 0.5) is 0 Å². The number of pyridine rings is 4. The Kier molecular flexibility index (Phi) is 6.84. The van der Waals surface area contributed by atoms with Gasteiger partial charge in [-0.15, -0.1) is 0 Å². The number of benzene rings is 1. The highest BCUT2D eigenvalue weighted by Gasteiger charge is 2.25. The van der Waals surface area contributed by atoms with Gasteiger partial charge in [-0.1, -0.05) is 49.1 Å². The van der Waals surface area contributed by atoms with Crippen molar-refractivity contribution < 1.29 is 0 Å². The highest BCUT2D eigenvalue weighted by atomic mass is 15.2. The summed E-state index contributed by atoms with van der Waals surface area (Å²) in [6.07, 6.45) is 24.0. The molecule has 2 aliphatic rings. The average Bonchev–Trinajstić information content (AvgIpc) is 3.44. The molecule has 0 saturated carbocycles. The summed E-state index contributed by atoms with van der Waals surface area (Å²) in [5.41, 5.74) is 11.1. The van der Waals surface area contributed by atoms with E-state index in [4.69, 9.17) is 9.97 Å². The predicted molar refractivity (Wildman–Crippen MR) is 188 cm³/mol. The third kappa shape index (κ3) is 4.70. The third-order valence-electron chi connectivity index (χ3n) is 8.53. The normalized spacial score (nSPS) is 15.5. The summed E-state index contributed by atoms with van der Waals surface area (Å²) in [6.45, 7) is 6.89. The fraction of sp³-hybridized carbons (Fsp3) is 0.0769. The largest absolute Gasteiger partial charge is 0.385 e. The van der Waals surface area contributed by atoms with Crippen molar-refractivity contribution in [3.63, 3.8) is 0 Å². The first-order chi connectivity index (χ1) is 22.7. The van der Waals surface area contributed by atoms with Gasteiger partial charge < -0.3 is 10.6 Å². The number of hydrogen-bond acceptors (Lipinski definition) is 6. The Balaban J connectivity index is 1.23. The molecule has 222 valence electrons. The molecule has 2 aliphatic heterocycles. The van der Waals surface area contributed by atoms with Gasteiger partial charge in [0.05, 0.1) is 46.4 Å². The van der Waals surface area contributed by atoms with E-state index in [9.17, 15) is 0 Å². The van der Waals surface area contributed by atoms with Crippen molar-refractivity contribution in [2.24, 2.45) is 0 Å². The van der Waals surface area contributed by atoms with E-state index in [1.807, 2.05) is 56.0 Å². The maximum atomic E-state index is 5.18. The predicted octanol–water partition coefficient (Wildman–Crippen LogP) is 8.16. The molecule has 8 rings (SSSR count). The van der Waals surface area contributed by atoms with E-state index >= 15 is 0 Å². The fourth-order valence-electron chi connectivity index (χ4n) is 6.41. The van der Waals surface area contributed by atoms with Crippen LogP contribution in [0.25, 0.3) is 68.2 Å². The van der Waals surface area contributed by atoms with E-state index in [-0.39, 0.29) is 6.04 Å². The van der Waals surface area contributed by atoms with Crippen LogP contribution in [0.5, 0.6) is 0 Å². The zero-order valence-corrected chi connectivity index (χ0v) is 25.4. The molecule has 6 aromatic rings. The zero-order chi connectivity index (χ0) is 31.0. The number of aromatic nitrogens is 5. The fourth-order valence-corrected chi connectivity index (χ4v) is 6.41. The Hall–Kier alpha value is -6.08. The van der Waals surface area contributed by atoms with Crippen LogP contribution in [0.15, 0.2) is 116 Å². The van der Waals surface area contributed by atoms with Gasteiger partial charge >= 0.3 is 0 Å². The Morgan fingerprint density at radius 3 is 2.70 bits per heavy atom. The minimum absolute atomic E-state index is 0.173. The Morgan fingerprint density at radius 1 is 0.935 bits per heavy atom. The van der Waals surface area contributed by atoms with Gasteiger partial charge in [0.15, 0.2) is 0 Å². The van der Waals surface area contributed by atoms with Crippen molar-refractivity contribution in [2.45, 2.75) is 19.5 Å². The van der Waals surface area contributed by atoms with Crippen molar-refractivity contribution in [1.29, 1.82) is 0 Å². The maximum absolute atomic E-state index is 5.18. The molecule has 1 atom stereocenters. The summed E-state index contributed by atoms with van der Waals surface area (Å²) in [7, 11) is 0. The molecule has 0 spiro atoms. The summed E-state index contributed by atoms with van der Waals surface area (Å²) in [5, 5.41) is 9.30. The highest BCUT2D eigenvalue weighted by molar-refractivity contribution is 6.03. The van der Waals surface area contributed by atoms with Crippen molar-refractivity contribution >= 4 is 45.9 Å². The van der Waals surface area contributed by atoms with Crippen molar-refractivity contribution in [2.75, 3.05) is 0 Å². The molecule has 5 aromatic heterocycles. The van der Waals surface area contributed by atoms with Gasteiger partial charge in [0.2, 0.25) is 0 Å². The number of hydrogen-bond donors (Lipinski definition) is 2. The second-order valence-corrected chi connectivity index (χ2v) is 11.3. The summed E-state index contributed by atoms with van der Waals surface area (Å²) >= 11 is 0. The topological polar surface area (TPSA) is 80.5 Å². The molecule has 0 aliphatic carbocycles. The van der Waals surface area contributed by atoms with Gasteiger partial charge in [-0.3, -0.25) is 24.5 Å². The van der Waals surface area contributed by atoms with Crippen LogP contribution in [0.3, 0.4) is 0 Å². The van der Waals surface area contributed by atoms with Crippen LogP contribution in [0.1, 0.15) is 41.2 Å². The van der Waals surface area contributed by atoms with Crippen LogP contribution in [0, 0.1) is 0 Å². The average molecular weight is 598 g/mol. The molecular weight excluding hydrogens is 566 g/mol. The molecule has 46 heavy (non-hydrogen) atoms. The van der Waals surface area contributed by atoms with Gasteiger partial charge in [-0.25, -0.2) is 0 Å². The second kappa shape index (κ2) is 11.4. The first kappa shape index (κ1) is 27.5. The maximum Gasteiger partial charge on any atom is 0.111 e. The molecule has 7 heterocycles. The van der Waals surface area contributed by atoms with Crippen molar-refractivity contribution in [1.82, 2.24) is 35.1 Å². The standard InChI is InChI=1S/C39H31N7/c1-3-8-35-30(4-2)31-15-18-41-24-36(31)46(35)37-12-5-11-32(45-37)34-21-28(20-33(44-34)27-10-6-16-40-22-27)29-19-26-14-13-25-9-7-17-42-38(25)39(26)43-23-29/h3-23,32,41,45H,2,24H2,1H3/b8-3-. The number of dihydropyridines is 1. The number of allylic oxidation sites excluding steroid dienone is 3. The molecule has 0 bridgehead atoms. The van der Waals surface area contributed by atoms with Crippen LogP contribution in [-0.2, 0) is 6.54 Å². The molecule has 7 heteroatoms. The van der Waals surface area contributed by atoms with E-state index < -0.39 is 0 Å². The summed E-state index contributed by atoms with van der Waals surface area (Å²) in [4.78, 5) is 19.1. The lowest BCUT2D eigenvalue weighted by molar-refractivity contribution is 0.689. The minimum atomic E-state index is -0.173. The van der Waals surface area contributed by atoms with Gasteiger partial charge in [0.25, 0.3) is 0 Å². The molecule has 7 nitrogen and oxygen atoms in total. The Labute approximate surface area is 267 Å². The first-order valence-electron chi connectivity index (χ1n) is 15.4. The molecule has 0 saturated heterocycles. The molecular formula is C39H31N7. The van der Waals surface area contributed by atoms with Crippen LogP contribution in [0.2, 0.25) is 0 Å². The van der Waals surface area contributed by atoms with Crippen molar-refractivity contribution in [3.05, 3.63) is 145 Å². The van der Waals surface area contributed by atoms with Crippen LogP contribution in [-0.4, -0.2) is 24.5 Å². The smallest absolute Gasteiger partial charge is 0.111 e. The number of nitrogens with one attached hydrogen (secondary N) is 2. The molecule has 1 aromatic carbocycles. The number of rotatable bonds is 6. The van der Waals surface area contributed by atoms with E-state index in [1.54, 1.807) is 6.20 Å². The number of nitrogens with zero attached hydrogens (tertiary/aromatic N) is 5. The van der Waals surface area contributed by atoms with E-state index in [0.717, 1.165) is 73.5 Å². The van der Waals surface area contributed by atoms with Gasteiger partial charge in [0.1, 0.15) is 5.82 Å². The van der Waals surface area contributed by atoms with E-state index in [1.165, 1.54) is 11.3 Å². The van der Waals surface area contributed by atoms with Gasteiger partial charge in [0, 0.05) is 57.8 Å². The minimum Gasteiger partial charge on any atom is -0.385 e. The molecule has 0 amide bonds. The number of fused-ring (bicyclic) bond motifs is 4. The lowest BCUT2D eigenvalue weighted by Gasteiger charge is -2.26. The molecule has 0 fully saturated rings. The SMILES string of the molecule is C=Cc1c2c(n(C3=CC=CC(c4cc(-c5cnc6c(ccc7cccnc76)c5)cc(-c5cccnc5)n4)N3)c1/C=C\C)CNC=C2. The molecule has 2 N–H and O–H groups in total. The monoisotopic (exact) mass is 597 g/mol. The quantitative estimate of drug-likeness (QED) is 0.189. The van der Waals surface area contributed by atoms with Gasteiger partial charge in [-0.2, -0.15) is 0 Å². The summed E-state index contributed by atoms with van der Waals surface area (Å²) < 4.78 is 2.29. The Morgan fingerprint density at radius 2 is 1.83 bits per heavy atom. The second-order valence-electron chi connectivity index (χ2n) is 11.3.